The van der Waals surface area contributed by atoms with Crippen molar-refractivity contribution < 1.29 is 4.74 Å². The average Bonchev–Trinajstić information content (AvgIpc) is 2.31. The minimum atomic E-state index is 0.262. The van der Waals surface area contributed by atoms with E-state index >= 15 is 0 Å². The topological polar surface area (TPSA) is 35.2 Å². The maximum absolute atomic E-state index is 5.79. The zero-order valence-electron chi connectivity index (χ0n) is 10.0. The van der Waals surface area contributed by atoms with E-state index in [4.69, 9.17) is 10.5 Å². The minimum absolute atomic E-state index is 0.262. The van der Waals surface area contributed by atoms with Crippen LogP contribution >= 0.6 is 0 Å². The van der Waals surface area contributed by atoms with Gasteiger partial charge in [0.15, 0.2) is 0 Å². The number of hydrogen-bond donors (Lipinski definition) is 1. The van der Waals surface area contributed by atoms with E-state index < -0.39 is 0 Å². The summed E-state index contributed by atoms with van der Waals surface area (Å²) < 4.78 is 5.49. The third-order valence-corrected chi connectivity index (χ3v) is 3.79. The Hall–Kier alpha value is -0.860. The van der Waals surface area contributed by atoms with Crippen LogP contribution in [-0.2, 0) is 10.2 Å². The summed E-state index contributed by atoms with van der Waals surface area (Å²) in [6.45, 7) is 4.69. The summed E-state index contributed by atoms with van der Waals surface area (Å²) in [6.07, 6.45) is 3.28. The monoisotopic (exact) mass is 219 g/mol. The van der Waals surface area contributed by atoms with E-state index in [1.165, 1.54) is 11.1 Å². The molecule has 0 aliphatic carbocycles. The van der Waals surface area contributed by atoms with Crippen LogP contribution < -0.4 is 5.73 Å². The molecule has 2 heteroatoms. The van der Waals surface area contributed by atoms with Crippen LogP contribution in [0.15, 0.2) is 24.3 Å². The molecule has 16 heavy (non-hydrogen) atoms. The number of benzene rings is 1. The lowest BCUT2D eigenvalue weighted by Gasteiger charge is -2.38. The number of ether oxygens (including phenoxy) is 1. The number of hydrogen-bond acceptors (Lipinski definition) is 2. The molecular weight excluding hydrogens is 198 g/mol. The fraction of sp³-hybridized carbons (Fsp3) is 0.571. The van der Waals surface area contributed by atoms with E-state index in [1.54, 1.807) is 0 Å². The molecule has 2 rings (SSSR count). The SMILES string of the molecule is Cc1ccccc1C1(CCN)CCOCC1. The Morgan fingerprint density at radius 2 is 1.94 bits per heavy atom. The predicted octanol–water partition coefficient (Wildman–Crippen LogP) is 2.39. The van der Waals surface area contributed by atoms with Crippen molar-refractivity contribution in [3.63, 3.8) is 0 Å². The van der Waals surface area contributed by atoms with Crippen LogP contribution in [0.2, 0.25) is 0 Å². The second kappa shape index (κ2) is 4.98. The summed E-state index contributed by atoms with van der Waals surface area (Å²) in [5, 5.41) is 0. The third kappa shape index (κ3) is 2.13. The highest BCUT2D eigenvalue weighted by Gasteiger charge is 2.34. The molecule has 0 aromatic heterocycles. The van der Waals surface area contributed by atoms with Gasteiger partial charge in [-0.05, 0) is 43.9 Å². The average molecular weight is 219 g/mol. The molecule has 0 spiro atoms. The molecule has 0 bridgehead atoms. The summed E-state index contributed by atoms with van der Waals surface area (Å²) in [4.78, 5) is 0. The van der Waals surface area contributed by atoms with E-state index in [0.717, 1.165) is 39.0 Å². The van der Waals surface area contributed by atoms with Gasteiger partial charge in [-0.1, -0.05) is 24.3 Å². The van der Waals surface area contributed by atoms with Gasteiger partial charge >= 0.3 is 0 Å². The van der Waals surface area contributed by atoms with Crippen molar-refractivity contribution in [1.82, 2.24) is 0 Å². The van der Waals surface area contributed by atoms with Gasteiger partial charge < -0.3 is 10.5 Å². The minimum Gasteiger partial charge on any atom is -0.381 e. The fourth-order valence-electron chi connectivity index (χ4n) is 2.86. The highest BCUT2D eigenvalue weighted by atomic mass is 16.5. The van der Waals surface area contributed by atoms with Crippen molar-refractivity contribution in [3.05, 3.63) is 35.4 Å². The lowest BCUT2D eigenvalue weighted by atomic mass is 9.70. The molecule has 0 unspecified atom stereocenters. The highest BCUT2D eigenvalue weighted by Crippen LogP contribution is 2.39. The van der Waals surface area contributed by atoms with Crippen molar-refractivity contribution in [3.8, 4) is 0 Å². The van der Waals surface area contributed by atoms with Crippen molar-refractivity contribution in [1.29, 1.82) is 0 Å². The van der Waals surface area contributed by atoms with Crippen molar-refractivity contribution in [2.75, 3.05) is 19.8 Å². The molecule has 1 aromatic rings. The van der Waals surface area contributed by atoms with Gasteiger partial charge in [0.1, 0.15) is 0 Å². The number of nitrogens with two attached hydrogens (primary N) is 1. The van der Waals surface area contributed by atoms with E-state index in [9.17, 15) is 0 Å². The molecule has 1 aliphatic rings. The maximum Gasteiger partial charge on any atom is 0.0474 e. The Morgan fingerprint density at radius 3 is 2.56 bits per heavy atom. The van der Waals surface area contributed by atoms with Crippen LogP contribution in [0.5, 0.6) is 0 Å². The Bertz CT molecular complexity index is 337. The van der Waals surface area contributed by atoms with E-state index in [-0.39, 0.29) is 5.41 Å². The molecule has 0 atom stereocenters. The maximum atomic E-state index is 5.79. The van der Waals surface area contributed by atoms with Crippen LogP contribution in [0.1, 0.15) is 30.4 Å². The van der Waals surface area contributed by atoms with Crippen LogP contribution in [0.3, 0.4) is 0 Å². The molecule has 0 radical (unpaired) electrons. The second-order valence-electron chi connectivity index (χ2n) is 4.75. The summed E-state index contributed by atoms with van der Waals surface area (Å²) in [7, 11) is 0. The van der Waals surface area contributed by atoms with E-state index in [0.29, 0.717) is 0 Å². The van der Waals surface area contributed by atoms with Gasteiger partial charge in [0, 0.05) is 18.6 Å². The molecule has 1 saturated heterocycles. The molecule has 88 valence electrons. The van der Waals surface area contributed by atoms with Crippen LogP contribution in [0.4, 0.5) is 0 Å². The largest absolute Gasteiger partial charge is 0.381 e. The van der Waals surface area contributed by atoms with Gasteiger partial charge in [0.2, 0.25) is 0 Å². The first-order valence-corrected chi connectivity index (χ1v) is 6.12. The van der Waals surface area contributed by atoms with Gasteiger partial charge in [-0.3, -0.25) is 0 Å². The van der Waals surface area contributed by atoms with Crippen molar-refractivity contribution >= 4 is 0 Å². The molecule has 0 amide bonds. The normalized spacial score (nSPS) is 19.6. The van der Waals surface area contributed by atoms with Gasteiger partial charge in [-0.25, -0.2) is 0 Å². The summed E-state index contributed by atoms with van der Waals surface area (Å²) in [5.41, 5.74) is 8.92. The molecule has 1 aromatic carbocycles. The Labute approximate surface area is 97.8 Å². The van der Waals surface area contributed by atoms with Gasteiger partial charge in [0.25, 0.3) is 0 Å². The van der Waals surface area contributed by atoms with Gasteiger partial charge in [0.05, 0.1) is 0 Å². The van der Waals surface area contributed by atoms with Crippen LogP contribution in [0.25, 0.3) is 0 Å². The molecule has 2 N–H and O–H groups in total. The molecule has 2 nitrogen and oxygen atoms in total. The Kier molecular flexibility index (Phi) is 3.62. The Balaban J connectivity index is 2.34. The van der Waals surface area contributed by atoms with Crippen molar-refractivity contribution in [2.45, 2.75) is 31.6 Å². The van der Waals surface area contributed by atoms with Gasteiger partial charge in [-0.2, -0.15) is 0 Å². The summed E-state index contributed by atoms with van der Waals surface area (Å²) in [5.74, 6) is 0. The predicted molar refractivity (Wildman–Crippen MR) is 66.6 cm³/mol. The first-order chi connectivity index (χ1) is 7.78. The number of rotatable bonds is 3. The first kappa shape index (κ1) is 11.6. The molecule has 1 fully saturated rings. The molecule has 1 heterocycles. The first-order valence-electron chi connectivity index (χ1n) is 6.12. The lowest BCUT2D eigenvalue weighted by molar-refractivity contribution is 0.0474. The van der Waals surface area contributed by atoms with Crippen LogP contribution in [-0.4, -0.2) is 19.8 Å². The second-order valence-corrected chi connectivity index (χ2v) is 4.75. The molecule has 1 aliphatic heterocycles. The smallest absolute Gasteiger partial charge is 0.0474 e. The summed E-state index contributed by atoms with van der Waals surface area (Å²) in [6, 6.07) is 8.70. The lowest BCUT2D eigenvalue weighted by Crippen LogP contribution is -2.36. The van der Waals surface area contributed by atoms with Crippen LogP contribution in [0, 0.1) is 6.92 Å². The highest BCUT2D eigenvalue weighted by molar-refractivity contribution is 5.34. The molecular formula is C14H21NO. The standard InChI is InChI=1S/C14H21NO/c1-12-4-2-3-5-13(12)14(6-9-15)7-10-16-11-8-14/h2-5H,6-11,15H2,1H3. The fourth-order valence-corrected chi connectivity index (χ4v) is 2.86. The van der Waals surface area contributed by atoms with E-state index in [1.807, 2.05) is 0 Å². The zero-order chi connectivity index (χ0) is 11.4. The van der Waals surface area contributed by atoms with Gasteiger partial charge in [-0.15, -0.1) is 0 Å². The third-order valence-electron chi connectivity index (χ3n) is 3.79. The molecule has 0 saturated carbocycles. The van der Waals surface area contributed by atoms with E-state index in [2.05, 4.69) is 31.2 Å². The Morgan fingerprint density at radius 1 is 1.25 bits per heavy atom. The quantitative estimate of drug-likeness (QED) is 0.847. The number of aryl methyl sites for hydroxylation is 1. The summed E-state index contributed by atoms with van der Waals surface area (Å²) >= 11 is 0. The van der Waals surface area contributed by atoms with Crippen molar-refractivity contribution in [2.24, 2.45) is 5.73 Å². The zero-order valence-corrected chi connectivity index (χ0v) is 10.0.